The van der Waals surface area contributed by atoms with Gasteiger partial charge in [0.05, 0.1) is 18.9 Å². The number of ether oxygens (including phenoxy) is 2. The third-order valence-corrected chi connectivity index (χ3v) is 3.64. The molecule has 0 saturated heterocycles. The van der Waals surface area contributed by atoms with Crippen LogP contribution >= 0.6 is 22.9 Å². The lowest BCUT2D eigenvalue weighted by atomic mass is 10.1. The molecule has 0 bridgehead atoms. The SMILES string of the molecule is CCOC(=O)c1sc(Cl)nc1-c1ccc(OCC)cc1. The van der Waals surface area contributed by atoms with Gasteiger partial charge in [-0.25, -0.2) is 9.78 Å². The van der Waals surface area contributed by atoms with Crippen molar-refractivity contribution in [1.82, 2.24) is 4.98 Å². The molecule has 0 amide bonds. The van der Waals surface area contributed by atoms with Crippen molar-refractivity contribution in [3.63, 3.8) is 0 Å². The fourth-order valence-corrected chi connectivity index (χ4v) is 2.72. The van der Waals surface area contributed by atoms with Crippen molar-refractivity contribution < 1.29 is 14.3 Å². The molecule has 1 aromatic heterocycles. The van der Waals surface area contributed by atoms with Gasteiger partial charge in [0, 0.05) is 5.56 Å². The van der Waals surface area contributed by atoms with Crippen molar-refractivity contribution in [3.05, 3.63) is 33.6 Å². The average molecular weight is 312 g/mol. The van der Waals surface area contributed by atoms with Gasteiger partial charge in [0.25, 0.3) is 0 Å². The minimum absolute atomic E-state index is 0.317. The quantitative estimate of drug-likeness (QED) is 0.782. The van der Waals surface area contributed by atoms with Crippen LogP contribution in [0.15, 0.2) is 24.3 Å². The molecule has 0 saturated carbocycles. The number of nitrogens with zero attached hydrogens (tertiary/aromatic N) is 1. The molecule has 0 aliphatic heterocycles. The summed E-state index contributed by atoms with van der Waals surface area (Å²) in [5.74, 6) is 0.371. The van der Waals surface area contributed by atoms with Crippen molar-refractivity contribution in [2.24, 2.45) is 0 Å². The Labute approximate surface area is 126 Å². The Hall–Kier alpha value is -1.59. The third kappa shape index (κ3) is 3.29. The molecule has 0 aliphatic carbocycles. The average Bonchev–Trinajstić information content (AvgIpc) is 2.82. The fraction of sp³-hybridized carbons (Fsp3) is 0.286. The van der Waals surface area contributed by atoms with Gasteiger partial charge in [-0.05, 0) is 38.1 Å². The zero-order valence-corrected chi connectivity index (χ0v) is 12.8. The molecule has 0 aliphatic rings. The van der Waals surface area contributed by atoms with Crippen molar-refractivity contribution in [2.45, 2.75) is 13.8 Å². The van der Waals surface area contributed by atoms with E-state index in [1.54, 1.807) is 6.92 Å². The van der Waals surface area contributed by atoms with Crippen molar-refractivity contribution in [1.29, 1.82) is 0 Å². The summed E-state index contributed by atoms with van der Waals surface area (Å²) in [5, 5.41) is 0. The lowest BCUT2D eigenvalue weighted by molar-refractivity contribution is 0.0532. The van der Waals surface area contributed by atoms with Gasteiger partial charge in [-0.3, -0.25) is 0 Å². The molecule has 2 rings (SSSR count). The predicted octanol–water partition coefficient (Wildman–Crippen LogP) is 4.04. The number of rotatable bonds is 5. The number of hydrogen-bond donors (Lipinski definition) is 0. The highest BCUT2D eigenvalue weighted by molar-refractivity contribution is 7.17. The van der Waals surface area contributed by atoms with Gasteiger partial charge < -0.3 is 9.47 Å². The Morgan fingerprint density at radius 1 is 1.25 bits per heavy atom. The van der Waals surface area contributed by atoms with E-state index in [1.807, 2.05) is 31.2 Å². The Morgan fingerprint density at radius 2 is 1.95 bits per heavy atom. The molecule has 20 heavy (non-hydrogen) atoms. The van der Waals surface area contributed by atoms with E-state index in [4.69, 9.17) is 21.1 Å². The minimum Gasteiger partial charge on any atom is -0.494 e. The van der Waals surface area contributed by atoms with Crippen LogP contribution in [0, 0.1) is 0 Å². The number of halogens is 1. The zero-order chi connectivity index (χ0) is 14.5. The highest BCUT2D eigenvalue weighted by Crippen LogP contribution is 2.32. The van der Waals surface area contributed by atoms with Gasteiger partial charge in [0.15, 0.2) is 4.47 Å². The highest BCUT2D eigenvalue weighted by atomic mass is 35.5. The molecule has 4 nitrogen and oxygen atoms in total. The molecule has 0 N–H and O–H groups in total. The number of esters is 1. The van der Waals surface area contributed by atoms with Gasteiger partial charge in [0.2, 0.25) is 0 Å². The van der Waals surface area contributed by atoms with Crippen LogP contribution < -0.4 is 4.74 Å². The Kier molecular flexibility index (Phi) is 4.98. The van der Waals surface area contributed by atoms with Crippen LogP contribution in [0.1, 0.15) is 23.5 Å². The smallest absolute Gasteiger partial charge is 0.350 e. The number of carbonyl (C=O) groups excluding carboxylic acids is 1. The summed E-state index contributed by atoms with van der Waals surface area (Å²) < 4.78 is 10.7. The van der Waals surface area contributed by atoms with Crippen molar-refractivity contribution >= 4 is 28.9 Å². The Morgan fingerprint density at radius 3 is 2.55 bits per heavy atom. The molecule has 6 heteroatoms. The maximum absolute atomic E-state index is 11.9. The number of aromatic nitrogens is 1. The summed E-state index contributed by atoms with van der Waals surface area (Å²) >= 11 is 7.04. The van der Waals surface area contributed by atoms with E-state index in [-0.39, 0.29) is 0 Å². The Bertz CT molecular complexity index is 595. The molecule has 1 aromatic carbocycles. The number of carbonyl (C=O) groups is 1. The molecule has 0 fully saturated rings. The fourth-order valence-electron chi connectivity index (χ4n) is 1.70. The molecule has 0 radical (unpaired) electrons. The Balaban J connectivity index is 2.34. The highest BCUT2D eigenvalue weighted by Gasteiger charge is 2.19. The topological polar surface area (TPSA) is 48.4 Å². The molecule has 2 aromatic rings. The standard InChI is InChI=1S/C14H14ClNO3S/c1-3-18-10-7-5-9(6-8-10)11-12(13(17)19-4-2)20-14(15)16-11/h5-8H,3-4H2,1-2H3. The molecular weight excluding hydrogens is 298 g/mol. The molecular formula is C14H14ClNO3S. The second-order valence-electron chi connectivity index (χ2n) is 3.82. The zero-order valence-electron chi connectivity index (χ0n) is 11.2. The summed E-state index contributed by atoms with van der Waals surface area (Å²) in [6.45, 7) is 4.61. The number of thiazole rings is 1. The second kappa shape index (κ2) is 6.72. The van der Waals surface area contributed by atoms with Gasteiger partial charge in [-0.1, -0.05) is 22.9 Å². The molecule has 0 atom stereocenters. The second-order valence-corrected chi connectivity index (χ2v) is 5.40. The van der Waals surface area contributed by atoms with E-state index in [2.05, 4.69) is 4.98 Å². The minimum atomic E-state index is -0.402. The van der Waals surface area contributed by atoms with E-state index in [0.29, 0.717) is 28.3 Å². The van der Waals surface area contributed by atoms with Crippen LogP contribution in [0.25, 0.3) is 11.3 Å². The van der Waals surface area contributed by atoms with Crippen LogP contribution in [0.2, 0.25) is 4.47 Å². The summed E-state index contributed by atoms with van der Waals surface area (Å²) in [6, 6.07) is 7.36. The van der Waals surface area contributed by atoms with Gasteiger partial charge in [-0.2, -0.15) is 0 Å². The van der Waals surface area contributed by atoms with E-state index in [9.17, 15) is 4.79 Å². The molecule has 106 valence electrons. The predicted molar refractivity (Wildman–Crippen MR) is 79.7 cm³/mol. The first-order valence-corrected chi connectivity index (χ1v) is 7.41. The normalized spacial score (nSPS) is 10.3. The van der Waals surface area contributed by atoms with E-state index in [1.165, 1.54) is 0 Å². The van der Waals surface area contributed by atoms with E-state index < -0.39 is 5.97 Å². The van der Waals surface area contributed by atoms with Gasteiger partial charge in [0.1, 0.15) is 10.6 Å². The van der Waals surface area contributed by atoms with Crippen LogP contribution in [0.4, 0.5) is 0 Å². The largest absolute Gasteiger partial charge is 0.494 e. The third-order valence-electron chi connectivity index (χ3n) is 2.50. The van der Waals surface area contributed by atoms with Gasteiger partial charge in [-0.15, -0.1) is 0 Å². The summed E-state index contributed by atoms with van der Waals surface area (Å²) in [7, 11) is 0. The van der Waals surface area contributed by atoms with E-state index in [0.717, 1.165) is 22.6 Å². The molecule has 0 unspecified atom stereocenters. The number of benzene rings is 1. The van der Waals surface area contributed by atoms with Crippen LogP contribution in [0.5, 0.6) is 5.75 Å². The first-order valence-electron chi connectivity index (χ1n) is 6.22. The molecule has 0 spiro atoms. The maximum Gasteiger partial charge on any atom is 0.350 e. The number of hydrogen-bond acceptors (Lipinski definition) is 5. The lowest BCUT2D eigenvalue weighted by Gasteiger charge is -2.05. The van der Waals surface area contributed by atoms with Crippen LogP contribution in [-0.2, 0) is 4.74 Å². The van der Waals surface area contributed by atoms with Crippen LogP contribution in [-0.4, -0.2) is 24.2 Å². The first kappa shape index (κ1) is 14.8. The lowest BCUT2D eigenvalue weighted by Crippen LogP contribution is -2.04. The van der Waals surface area contributed by atoms with Crippen LogP contribution in [0.3, 0.4) is 0 Å². The first-order chi connectivity index (χ1) is 9.65. The molecule has 1 heterocycles. The maximum atomic E-state index is 11.9. The van der Waals surface area contributed by atoms with Crippen molar-refractivity contribution in [3.8, 4) is 17.0 Å². The summed E-state index contributed by atoms with van der Waals surface area (Å²) in [5.41, 5.74) is 1.35. The van der Waals surface area contributed by atoms with Crippen molar-refractivity contribution in [2.75, 3.05) is 13.2 Å². The van der Waals surface area contributed by atoms with E-state index >= 15 is 0 Å². The summed E-state index contributed by atoms with van der Waals surface area (Å²) in [6.07, 6.45) is 0. The van der Waals surface area contributed by atoms with Gasteiger partial charge >= 0.3 is 5.97 Å². The monoisotopic (exact) mass is 311 g/mol. The summed E-state index contributed by atoms with van der Waals surface area (Å²) in [4.78, 5) is 16.5.